The lowest BCUT2D eigenvalue weighted by Gasteiger charge is -2.29. The molecule has 2 atom stereocenters. The van der Waals surface area contributed by atoms with Crippen molar-refractivity contribution in [1.29, 1.82) is 0 Å². The second kappa shape index (κ2) is 7.81. The fourth-order valence-corrected chi connectivity index (χ4v) is 8.81. The van der Waals surface area contributed by atoms with Crippen LogP contribution in [0, 0.1) is 5.82 Å². The molecule has 10 heteroatoms. The van der Waals surface area contributed by atoms with Crippen molar-refractivity contribution >= 4 is 19.9 Å². The predicted octanol–water partition coefficient (Wildman–Crippen LogP) is 2.91. The summed E-state index contributed by atoms with van der Waals surface area (Å²) in [6, 6.07) is 6.99. The van der Waals surface area contributed by atoms with E-state index in [0.717, 1.165) is 12.8 Å². The molecule has 0 amide bonds. The molecule has 0 saturated carbocycles. The second-order valence-electron chi connectivity index (χ2n) is 7.67. The number of hydrogen-bond donors (Lipinski definition) is 0. The first-order chi connectivity index (χ1) is 13.8. The summed E-state index contributed by atoms with van der Waals surface area (Å²) >= 11 is 0. The van der Waals surface area contributed by atoms with E-state index in [4.69, 9.17) is 4.52 Å². The van der Waals surface area contributed by atoms with Crippen LogP contribution in [0.1, 0.15) is 43.9 Å². The molecule has 0 unspecified atom stereocenters. The van der Waals surface area contributed by atoms with Gasteiger partial charge in [0.1, 0.15) is 11.5 Å². The zero-order chi connectivity index (χ0) is 20.6. The molecule has 158 valence electrons. The van der Waals surface area contributed by atoms with E-state index in [0.29, 0.717) is 36.4 Å². The lowest BCUT2D eigenvalue weighted by Crippen LogP contribution is -2.41. The van der Waals surface area contributed by atoms with Gasteiger partial charge < -0.3 is 4.52 Å². The fourth-order valence-electron chi connectivity index (χ4n) is 4.06. The fraction of sp³-hybridized carbons (Fsp3) is 0.526. The van der Waals surface area contributed by atoms with Crippen molar-refractivity contribution in [3.8, 4) is 11.3 Å². The van der Waals surface area contributed by atoms with Crippen LogP contribution in [0.25, 0.3) is 11.3 Å². The first-order valence-electron chi connectivity index (χ1n) is 9.70. The zero-order valence-electron chi connectivity index (χ0n) is 15.8. The van der Waals surface area contributed by atoms with Gasteiger partial charge in [-0.05, 0) is 43.5 Å². The number of sulfonamides is 1. The molecule has 2 aromatic rings. The van der Waals surface area contributed by atoms with Gasteiger partial charge in [-0.1, -0.05) is 18.0 Å². The molecule has 0 N–H and O–H groups in total. The van der Waals surface area contributed by atoms with Crippen LogP contribution in [0.4, 0.5) is 4.39 Å². The molecule has 0 radical (unpaired) electrons. The van der Waals surface area contributed by atoms with Crippen molar-refractivity contribution < 1.29 is 25.7 Å². The van der Waals surface area contributed by atoms with Gasteiger partial charge in [0.15, 0.2) is 15.6 Å². The zero-order valence-corrected chi connectivity index (χ0v) is 17.5. The summed E-state index contributed by atoms with van der Waals surface area (Å²) < 4.78 is 70.3. The van der Waals surface area contributed by atoms with Gasteiger partial charge in [0.2, 0.25) is 10.0 Å². The maximum atomic E-state index is 13.3. The molecular formula is C19H23FN2O5S2. The van der Waals surface area contributed by atoms with Crippen LogP contribution in [-0.2, 0) is 19.9 Å². The van der Waals surface area contributed by atoms with Crippen LogP contribution in [0.5, 0.6) is 0 Å². The molecule has 29 heavy (non-hydrogen) atoms. The van der Waals surface area contributed by atoms with E-state index >= 15 is 0 Å². The highest BCUT2D eigenvalue weighted by atomic mass is 32.2. The summed E-state index contributed by atoms with van der Waals surface area (Å²) in [5, 5.41) is 3.13. The molecule has 2 aliphatic heterocycles. The topological polar surface area (TPSA) is 97.5 Å². The Morgan fingerprint density at radius 1 is 1.10 bits per heavy atom. The van der Waals surface area contributed by atoms with E-state index in [1.807, 2.05) is 0 Å². The van der Waals surface area contributed by atoms with Crippen LogP contribution >= 0.6 is 0 Å². The SMILES string of the molecule is O=S1(=O)CC[C@H](S(=O)(=O)N2CCCCC[C@H]2c2cc(-c3ccc(F)cc3)no2)C1. The van der Waals surface area contributed by atoms with Crippen molar-refractivity contribution in [3.05, 3.63) is 41.9 Å². The molecule has 0 aliphatic carbocycles. The number of hydrogen-bond acceptors (Lipinski definition) is 6. The quantitative estimate of drug-likeness (QED) is 0.722. The summed E-state index contributed by atoms with van der Waals surface area (Å²) in [4.78, 5) is 0. The standard InChI is InChI=1S/C19H23FN2O5S2/c20-15-7-5-14(6-8-15)17-12-19(27-21-17)18-4-2-1-3-10-22(18)29(25,26)16-9-11-28(23,24)13-16/h5-8,12,16,18H,1-4,9-11,13H2/t16-,18-/m0/s1. The van der Waals surface area contributed by atoms with Crippen LogP contribution in [-0.4, -0.2) is 49.6 Å². The average molecular weight is 443 g/mol. The number of rotatable bonds is 4. The van der Waals surface area contributed by atoms with Gasteiger partial charge in [0.25, 0.3) is 0 Å². The molecular weight excluding hydrogens is 419 g/mol. The second-order valence-corrected chi connectivity index (χ2v) is 12.1. The number of nitrogens with zero attached hydrogens (tertiary/aromatic N) is 2. The Morgan fingerprint density at radius 3 is 2.55 bits per heavy atom. The third kappa shape index (κ3) is 4.24. The van der Waals surface area contributed by atoms with E-state index in [-0.39, 0.29) is 23.7 Å². The van der Waals surface area contributed by atoms with Gasteiger partial charge >= 0.3 is 0 Å². The summed E-state index contributed by atoms with van der Waals surface area (Å²) in [6.45, 7) is 0.329. The Bertz CT molecular complexity index is 1080. The largest absolute Gasteiger partial charge is 0.359 e. The molecule has 0 spiro atoms. The number of sulfone groups is 1. The molecule has 2 fully saturated rings. The highest BCUT2D eigenvalue weighted by molar-refractivity contribution is 7.95. The van der Waals surface area contributed by atoms with Crippen molar-refractivity contribution in [2.24, 2.45) is 0 Å². The molecule has 3 heterocycles. The Hall–Kier alpha value is -1.78. The van der Waals surface area contributed by atoms with Gasteiger partial charge in [-0.3, -0.25) is 0 Å². The highest BCUT2D eigenvalue weighted by Crippen LogP contribution is 2.36. The third-order valence-electron chi connectivity index (χ3n) is 5.64. The number of benzene rings is 1. The summed E-state index contributed by atoms with van der Waals surface area (Å²) in [5.41, 5.74) is 1.18. The predicted molar refractivity (Wildman–Crippen MR) is 106 cm³/mol. The van der Waals surface area contributed by atoms with Gasteiger partial charge in [-0.25, -0.2) is 21.2 Å². The van der Waals surface area contributed by atoms with Crippen molar-refractivity contribution in [1.82, 2.24) is 9.46 Å². The molecule has 1 aromatic carbocycles. The molecule has 1 aromatic heterocycles. The van der Waals surface area contributed by atoms with E-state index in [1.54, 1.807) is 18.2 Å². The Morgan fingerprint density at radius 2 is 1.86 bits per heavy atom. The molecule has 2 aliphatic rings. The van der Waals surface area contributed by atoms with E-state index in [1.165, 1.54) is 16.4 Å². The van der Waals surface area contributed by atoms with Crippen LogP contribution in [0.2, 0.25) is 0 Å². The molecule has 7 nitrogen and oxygen atoms in total. The summed E-state index contributed by atoms with van der Waals surface area (Å²) in [6.07, 6.45) is 3.16. The lowest BCUT2D eigenvalue weighted by atomic mass is 10.1. The third-order valence-corrected chi connectivity index (χ3v) is 9.95. The maximum absolute atomic E-state index is 13.3. The lowest BCUT2D eigenvalue weighted by molar-refractivity contribution is 0.258. The van der Waals surface area contributed by atoms with Crippen LogP contribution in [0.3, 0.4) is 0 Å². The van der Waals surface area contributed by atoms with E-state index in [2.05, 4.69) is 5.16 Å². The summed E-state index contributed by atoms with van der Waals surface area (Å²) in [5.74, 6) is -0.344. The molecule has 4 rings (SSSR count). The minimum atomic E-state index is -3.80. The van der Waals surface area contributed by atoms with E-state index in [9.17, 15) is 21.2 Å². The van der Waals surface area contributed by atoms with Gasteiger partial charge in [0, 0.05) is 18.2 Å². The average Bonchev–Trinajstić information content (AvgIpc) is 3.22. The maximum Gasteiger partial charge on any atom is 0.218 e. The van der Waals surface area contributed by atoms with Crippen LogP contribution < -0.4 is 0 Å². The minimum Gasteiger partial charge on any atom is -0.359 e. The monoisotopic (exact) mass is 442 g/mol. The van der Waals surface area contributed by atoms with Crippen molar-refractivity contribution in [2.75, 3.05) is 18.1 Å². The molecule has 0 bridgehead atoms. The van der Waals surface area contributed by atoms with Gasteiger partial charge in [0.05, 0.1) is 22.8 Å². The van der Waals surface area contributed by atoms with E-state index < -0.39 is 31.2 Å². The first kappa shape index (κ1) is 20.5. The smallest absolute Gasteiger partial charge is 0.218 e. The Balaban J connectivity index is 1.65. The Labute approximate surface area is 169 Å². The van der Waals surface area contributed by atoms with Gasteiger partial charge in [-0.15, -0.1) is 0 Å². The number of halogens is 1. The molecule has 2 saturated heterocycles. The Kier molecular flexibility index (Phi) is 5.52. The summed E-state index contributed by atoms with van der Waals surface area (Å²) in [7, 11) is -7.11. The van der Waals surface area contributed by atoms with Crippen LogP contribution in [0.15, 0.2) is 34.9 Å². The minimum absolute atomic E-state index is 0.0908. The normalized spacial score (nSPS) is 25.7. The highest BCUT2D eigenvalue weighted by Gasteiger charge is 2.44. The number of aromatic nitrogens is 1. The first-order valence-corrected chi connectivity index (χ1v) is 13.0. The van der Waals surface area contributed by atoms with Crippen molar-refractivity contribution in [3.63, 3.8) is 0 Å². The van der Waals surface area contributed by atoms with Gasteiger partial charge in [-0.2, -0.15) is 4.31 Å². The van der Waals surface area contributed by atoms with Crippen molar-refractivity contribution in [2.45, 2.75) is 43.4 Å².